The van der Waals surface area contributed by atoms with E-state index in [2.05, 4.69) is 0 Å². The lowest BCUT2D eigenvalue weighted by Gasteiger charge is -2.19. The van der Waals surface area contributed by atoms with E-state index in [9.17, 15) is 4.57 Å². The van der Waals surface area contributed by atoms with Gasteiger partial charge in [-0.15, -0.1) is 0 Å². The van der Waals surface area contributed by atoms with Gasteiger partial charge in [-0.25, -0.2) is 4.57 Å². The van der Waals surface area contributed by atoms with Gasteiger partial charge in [0.1, 0.15) is 5.76 Å². The van der Waals surface area contributed by atoms with Crippen molar-refractivity contribution in [2.24, 2.45) is 0 Å². The summed E-state index contributed by atoms with van der Waals surface area (Å²) in [5.74, 6) is 0.518. The Bertz CT molecular complexity index is 278. The molecule has 3 nitrogen and oxygen atoms in total. The molecule has 0 amide bonds. The van der Waals surface area contributed by atoms with Gasteiger partial charge in [0, 0.05) is 17.7 Å². The van der Waals surface area contributed by atoms with Crippen molar-refractivity contribution in [1.82, 2.24) is 0 Å². The van der Waals surface area contributed by atoms with E-state index >= 15 is 0 Å². The highest BCUT2D eigenvalue weighted by Crippen LogP contribution is 2.56. The molecule has 0 aliphatic heterocycles. The van der Waals surface area contributed by atoms with Crippen LogP contribution in [-0.2, 0) is 13.6 Å². The normalized spacial score (nSPS) is 21.9. The van der Waals surface area contributed by atoms with E-state index in [1.807, 2.05) is 0 Å². The topological polar surface area (TPSA) is 35.5 Å². The Morgan fingerprint density at radius 3 is 2.64 bits per heavy atom. The summed E-state index contributed by atoms with van der Waals surface area (Å²) in [4.78, 5) is 0. The van der Waals surface area contributed by atoms with Crippen LogP contribution in [0.15, 0.2) is 10.8 Å². The Morgan fingerprint density at radius 2 is 2.07 bits per heavy atom. The van der Waals surface area contributed by atoms with E-state index in [1.165, 1.54) is 0 Å². The van der Waals surface area contributed by atoms with Crippen molar-refractivity contribution in [1.29, 1.82) is 0 Å². The SMILES string of the molecule is CCOP(=O)(Cl)OC1=C(Cl)CCCC1. The molecule has 0 bridgehead atoms. The van der Waals surface area contributed by atoms with E-state index in [-0.39, 0.29) is 6.61 Å². The molecular formula is C8H13Cl2O3P. The molecule has 0 fully saturated rings. The minimum atomic E-state index is -3.47. The Kier molecular flexibility index (Phi) is 4.78. The molecule has 1 unspecified atom stereocenters. The van der Waals surface area contributed by atoms with Gasteiger partial charge in [-0.05, 0) is 26.2 Å². The number of allylic oxidation sites excluding steroid dienone is 2. The first-order valence-electron chi connectivity index (χ1n) is 4.56. The summed E-state index contributed by atoms with van der Waals surface area (Å²) in [6.07, 6.45) is 3.46. The predicted octanol–water partition coefficient (Wildman–Crippen LogP) is 4.41. The fraction of sp³-hybridized carbons (Fsp3) is 0.750. The molecule has 0 aromatic heterocycles. The molecule has 0 N–H and O–H groups in total. The molecule has 1 aliphatic carbocycles. The second-order valence-electron chi connectivity index (χ2n) is 2.97. The lowest BCUT2D eigenvalue weighted by molar-refractivity contribution is 0.256. The van der Waals surface area contributed by atoms with Crippen molar-refractivity contribution in [2.45, 2.75) is 32.6 Å². The largest absolute Gasteiger partial charge is 0.476 e. The van der Waals surface area contributed by atoms with Crippen molar-refractivity contribution < 1.29 is 13.6 Å². The van der Waals surface area contributed by atoms with Crippen LogP contribution >= 0.6 is 29.8 Å². The molecule has 0 saturated carbocycles. The highest BCUT2D eigenvalue weighted by molar-refractivity contribution is 7.81. The minimum absolute atomic E-state index is 0.256. The van der Waals surface area contributed by atoms with Gasteiger partial charge in [0.25, 0.3) is 0 Å². The van der Waals surface area contributed by atoms with E-state index in [0.717, 1.165) is 19.3 Å². The third-order valence-corrected chi connectivity index (χ3v) is 3.76. The standard InChI is InChI=1S/C8H13Cl2O3P/c1-2-12-14(10,11)13-8-6-4-3-5-7(8)9/h2-6H2,1H3. The second kappa shape index (κ2) is 5.41. The van der Waals surface area contributed by atoms with Gasteiger partial charge in [0.15, 0.2) is 0 Å². The molecule has 0 heterocycles. The van der Waals surface area contributed by atoms with Crippen LogP contribution in [0.25, 0.3) is 0 Å². The fourth-order valence-electron chi connectivity index (χ4n) is 1.25. The van der Waals surface area contributed by atoms with Crippen molar-refractivity contribution in [2.75, 3.05) is 6.61 Å². The van der Waals surface area contributed by atoms with Crippen LogP contribution in [0.1, 0.15) is 32.6 Å². The van der Waals surface area contributed by atoms with Crippen molar-refractivity contribution in [3.05, 3.63) is 10.8 Å². The molecule has 6 heteroatoms. The van der Waals surface area contributed by atoms with Gasteiger partial charge < -0.3 is 4.52 Å². The average molecular weight is 259 g/mol. The summed E-state index contributed by atoms with van der Waals surface area (Å²) < 4.78 is 21.3. The third kappa shape index (κ3) is 3.82. The van der Waals surface area contributed by atoms with Crippen LogP contribution in [0.3, 0.4) is 0 Å². The van der Waals surface area contributed by atoms with E-state index in [4.69, 9.17) is 31.9 Å². The maximum absolute atomic E-state index is 11.5. The van der Waals surface area contributed by atoms with E-state index < -0.39 is 6.95 Å². The average Bonchev–Trinajstić information content (AvgIpc) is 2.08. The van der Waals surface area contributed by atoms with Crippen LogP contribution in [0.2, 0.25) is 0 Å². The fourth-order valence-corrected chi connectivity index (χ4v) is 2.94. The summed E-state index contributed by atoms with van der Waals surface area (Å²) in [6, 6.07) is 0. The van der Waals surface area contributed by atoms with Crippen molar-refractivity contribution in [3.8, 4) is 0 Å². The van der Waals surface area contributed by atoms with E-state index in [1.54, 1.807) is 6.92 Å². The predicted molar refractivity (Wildman–Crippen MR) is 57.5 cm³/mol. The molecule has 0 radical (unpaired) electrons. The summed E-state index contributed by atoms with van der Waals surface area (Å²) in [6.45, 7) is -1.51. The van der Waals surface area contributed by atoms with Gasteiger partial charge in [0.2, 0.25) is 0 Å². The molecule has 1 atom stereocenters. The molecular weight excluding hydrogens is 246 g/mol. The third-order valence-electron chi connectivity index (χ3n) is 1.86. The number of halogens is 2. The lowest BCUT2D eigenvalue weighted by Crippen LogP contribution is -1.99. The van der Waals surface area contributed by atoms with E-state index in [0.29, 0.717) is 17.2 Å². The highest BCUT2D eigenvalue weighted by atomic mass is 35.7. The molecule has 0 saturated heterocycles. The number of rotatable bonds is 4. The van der Waals surface area contributed by atoms with Crippen molar-refractivity contribution in [3.63, 3.8) is 0 Å². The lowest BCUT2D eigenvalue weighted by atomic mass is 10.1. The molecule has 1 aliphatic rings. The van der Waals surface area contributed by atoms with Crippen LogP contribution in [0.4, 0.5) is 0 Å². The van der Waals surface area contributed by atoms with Gasteiger partial charge in [-0.3, -0.25) is 4.52 Å². The summed E-state index contributed by atoms with van der Waals surface area (Å²) >= 11 is 11.5. The first-order chi connectivity index (χ1) is 6.55. The maximum Gasteiger partial charge on any atom is 0.476 e. The highest BCUT2D eigenvalue weighted by Gasteiger charge is 2.25. The summed E-state index contributed by atoms with van der Waals surface area (Å²) in [5, 5.41) is 0.608. The molecule has 0 aromatic rings. The minimum Gasteiger partial charge on any atom is -0.417 e. The van der Waals surface area contributed by atoms with Gasteiger partial charge in [0.05, 0.1) is 11.6 Å². The second-order valence-corrected chi connectivity index (χ2v) is 5.98. The molecule has 1 rings (SSSR count). The first kappa shape index (κ1) is 12.4. The smallest absolute Gasteiger partial charge is 0.417 e. The van der Waals surface area contributed by atoms with Crippen LogP contribution in [-0.4, -0.2) is 6.61 Å². The summed E-state index contributed by atoms with van der Waals surface area (Å²) in [5.41, 5.74) is 0. The zero-order valence-corrected chi connectivity index (χ0v) is 10.4. The number of hydrogen-bond acceptors (Lipinski definition) is 3. The molecule has 0 spiro atoms. The van der Waals surface area contributed by atoms with Crippen LogP contribution < -0.4 is 0 Å². The quantitative estimate of drug-likeness (QED) is 0.701. The zero-order chi connectivity index (χ0) is 10.6. The molecule has 82 valence electrons. The zero-order valence-electron chi connectivity index (χ0n) is 7.96. The van der Waals surface area contributed by atoms with Crippen molar-refractivity contribution >= 4 is 29.8 Å². The molecule has 14 heavy (non-hydrogen) atoms. The monoisotopic (exact) mass is 258 g/mol. The van der Waals surface area contributed by atoms with Crippen LogP contribution in [0, 0.1) is 0 Å². The van der Waals surface area contributed by atoms with Crippen LogP contribution in [0.5, 0.6) is 0 Å². The molecule has 0 aromatic carbocycles. The Labute approximate surface area is 93.7 Å². The Balaban J connectivity index is 2.62. The maximum atomic E-state index is 11.5. The number of hydrogen-bond donors (Lipinski definition) is 0. The summed E-state index contributed by atoms with van der Waals surface area (Å²) in [7, 11) is 0. The first-order valence-corrected chi connectivity index (χ1v) is 7.39. The van der Waals surface area contributed by atoms with Gasteiger partial charge in [-0.1, -0.05) is 11.6 Å². The van der Waals surface area contributed by atoms with Gasteiger partial charge >= 0.3 is 6.95 Å². The van der Waals surface area contributed by atoms with Gasteiger partial charge in [-0.2, -0.15) is 0 Å². The Morgan fingerprint density at radius 1 is 1.43 bits per heavy atom. The Hall–Kier alpha value is 0.310.